The summed E-state index contributed by atoms with van der Waals surface area (Å²) in [5.41, 5.74) is 3.23. The Bertz CT molecular complexity index is 707. The van der Waals surface area contributed by atoms with Crippen LogP contribution in [0.5, 0.6) is 0 Å². The van der Waals surface area contributed by atoms with Crippen LogP contribution in [0.25, 0.3) is 10.4 Å². The predicted octanol–water partition coefficient (Wildman–Crippen LogP) is 4.84. The van der Waals surface area contributed by atoms with E-state index in [1.165, 1.54) is 17.4 Å². The van der Waals surface area contributed by atoms with Gasteiger partial charge in [0.25, 0.3) is 0 Å². The second-order valence-electron chi connectivity index (χ2n) is 6.37. The molecule has 2 aromatic rings. The second-order valence-corrected chi connectivity index (χ2v) is 7.23. The number of carbonyl (C=O) groups excluding carboxylic acids is 1. The van der Waals surface area contributed by atoms with E-state index in [2.05, 4.69) is 10.3 Å². The third-order valence-electron chi connectivity index (χ3n) is 3.21. The van der Waals surface area contributed by atoms with Crippen molar-refractivity contribution in [3.05, 3.63) is 40.8 Å². The molecule has 0 aliphatic carbocycles. The highest BCUT2D eigenvalue weighted by molar-refractivity contribution is 7.13. The molecule has 4 nitrogen and oxygen atoms in total. The molecule has 0 saturated carbocycles. The molecular weight excluding hydrogens is 315 g/mol. The molecular formula is C17H21FN2O2S. The SMILES string of the molecule is Cc1ncsc1-c1ccc(C(C)NC(=O)OC(C)(C)C)c(F)c1. The van der Waals surface area contributed by atoms with E-state index in [1.54, 1.807) is 39.3 Å². The maximum atomic E-state index is 14.4. The van der Waals surface area contributed by atoms with Crippen molar-refractivity contribution in [3.63, 3.8) is 0 Å². The van der Waals surface area contributed by atoms with E-state index in [4.69, 9.17) is 4.74 Å². The van der Waals surface area contributed by atoms with Gasteiger partial charge in [-0.1, -0.05) is 12.1 Å². The van der Waals surface area contributed by atoms with E-state index in [0.717, 1.165) is 16.1 Å². The molecule has 1 aromatic heterocycles. The van der Waals surface area contributed by atoms with E-state index in [1.807, 2.05) is 13.0 Å². The number of amides is 1. The van der Waals surface area contributed by atoms with Gasteiger partial charge in [0.1, 0.15) is 11.4 Å². The van der Waals surface area contributed by atoms with Gasteiger partial charge in [-0.2, -0.15) is 0 Å². The van der Waals surface area contributed by atoms with Crippen molar-refractivity contribution >= 4 is 17.4 Å². The minimum atomic E-state index is -0.587. The topological polar surface area (TPSA) is 51.2 Å². The maximum Gasteiger partial charge on any atom is 0.408 e. The van der Waals surface area contributed by atoms with Gasteiger partial charge in [0.05, 0.1) is 22.1 Å². The molecule has 124 valence electrons. The molecule has 0 bridgehead atoms. The molecule has 0 saturated heterocycles. The monoisotopic (exact) mass is 336 g/mol. The molecule has 1 unspecified atom stereocenters. The Balaban J connectivity index is 2.14. The number of benzene rings is 1. The number of ether oxygens (including phenoxy) is 1. The number of nitrogens with one attached hydrogen (secondary N) is 1. The number of halogens is 1. The molecule has 1 atom stereocenters. The number of aromatic nitrogens is 1. The minimum Gasteiger partial charge on any atom is -0.444 e. The Morgan fingerprint density at radius 1 is 1.39 bits per heavy atom. The number of aryl methyl sites for hydroxylation is 1. The molecule has 2 rings (SSSR count). The summed E-state index contributed by atoms with van der Waals surface area (Å²) in [5, 5.41) is 2.65. The van der Waals surface area contributed by atoms with Gasteiger partial charge in [-0.3, -0.25) is 0 Å². The number of hydrogen-bond donors (Lipinski definition) is 1. The Morgan fingerprint density at radius 2 is 2.09 bits per heavy atom. The standard InChI is InChI=1S/C17H21FN2O2S/c1-10(20-16(21)22-17(3,4)5)13-7-6-12(8-14(13)18)15-11(2)19-9-23-15/h6-10H,1-5H3,(H,20,21). The molecule has 1 aromatic carbocycles. The molecule has 1 amide bonds. The molecule has 0 radical (unpaired) electrons. The van der Waals surface area contributed by atoms with Gasteiger partial charge in [0.2, 0.25) is 0 Å². The highest BCUT2D eigenvalue weighted by Gasteiger charge is 2.20. The van der Waals surface area contributed by atoms with Crippen LogP contribution in [0.15, 0.2) is 23.7 Å². The molecule has 6 heteroatoms. The quantitative estimate of drug-likeness (QED) is 0.872. The van der Waals surface area contributed by atoms with Crippen molar-refractivity contribution in [2.24, 2.45) is 0 Å². The lowest BCUT2D eigenvalue weighted by atomic mass is 10.0. The lowest BCUT2D eigenvalue weighted by Gasteiger charge is -2.22. The van der Waals surface area contributed by atoms with E-state index < -0.39 is 17.7 Å². The summed E-state index contributed by atoms with van der Waals surface area (Å²) in [6.07, 6.45) is -0.563. The number of nitrogens with zero attached hydrogens (tertiary/aromatic N) is 1. The summed E-state index contributed by atoms with van der Waals surface area (Å²) in [7, 11) is 0. The summed E-state index contributed by atoms with van der Waals surface area (Å²) >= 11 is 1.48. The highest BCUT2D eigenvalue weighted by Crippen LogP contribution is 2.30. The van der Waals surface area contributed by atoms with Crippen LogP contribution in [0, 0.1) is 12.7 Å². The molecule has 1 heterocycles. The minimum absolute atomic E-state index is 0.362. The summed E-state index contributed by atoms with van der Waals surface area (Å²) in [6.45, 7) is 8.96. The first-order valence-corrected chi connectivity index (χ1v) is 8.25. The summed E-state index contributed by atoms with van der Waals surface area (Å²) in [5.74, 6) is -0.362. The van der Waals surface area contributed by atoms with Gasteiger partial charge in [-0.25, -0.2) is 14.2 Å². The van der Waals surface area contributed by atoms with E-state index >= 15 is 0 Å². The Hall–Kier alpha value is -1.95. The van der Waals surface area contributed by atoms with Crippen LogP contribution in [-0.4, -0.2) is 16.7 Å². The number of carbonyl (C=O) groups is 1. The third-order valence-corrected chi connectivity index (χ3v) is 4.19. The van der Waals surface area contributed by atoms with Gasteiger partial charge < -0.3 is 10.1 Å². The highest BCUT2D eigenvalue weighted by atomic mass is 32.1. The average Bonchev–Trinajstić information content (AvgIpc) is 2.82. The number of thiazole rings is 1. The number of hydrogen-bond acceptors (Lipinski definition) is 4. The zero-order valence-electron chi connectivity index (χ0n) is 13.9. The molecule has 1 N–H and O–H groups in total. The van der Waals surface area contributed by atoms with Crippen LogP contribution >= 0.6 is 11.3 Å². The lowest BCUT2D eigenvalue weighted by molar-refractivity contribution is 0.0507. The number of rotatable bonds is 3. The Kier molecular flexibility index (Phi) is 5.04. The zero-order valence-corrected chi connectivity index (χ0v) is 14.8. The van der Waals surface area contributed by atoms with Crippen LogP contribution < -0.4 is 5.32 Å². The van der Waals surface area contributed by atoms with E-state index in [0.29, 0.717) is 5.56 Å². The van der Waals surface area contributed by atoms with Crippen LogP contribution in [0.3, 0.4) is 0 Å². The summed E-state index contributed by atoms with van der Waals surface area (Å²) < 4.78 is 19.6. The van der Waals surface area contributed by atoms with Gasteiger partial charge in [0, 0.05) is 5.56 Å². The first-order valence-electron chi connectivity index (χ1n) is 7.37. The molecule has 0 spiro atoms. The fraction of sp³-hybridized carbons (Fsp3) is 0.412. The molecule has 0 aliphatic heterocycles. The van der Waals surface area contributed by atoms with Crippen LogP contribution in [-0.2, 0) is 4.74 Å². The number of alkyl carbamates (subject to hydrolysis) is 1. The summed E-state index contributed by atoms with van der Waals surface area (Å²) in [6, 6.07) is 4.52. The lowest BCUT2D eigenvalue weighted by Crippen LogP contribution is -2.34. The van der Waals surface area contributed by atoms with Crippen LogP contribution in [0.4, 0.5) is 9.18 Å². The zero-order chi connectivity index (χ0) is 17.2. The fourth-order valence-corrected chi connectivity index (χ4v) is 2.96. The van der Waals surface area contributed by atoms with Crippen molar-refractivity contribution < 1.29 is 13.9 Å². The van der Waals surface area contributed by atoms with Crippen LogP contribution in [0.2, 0.25) is 0 Å². The van der Waals surface area contributed by atoms with Gasteiger partial charge in [0.15, 0.2) is 0 Å². The van der Waals surface area contributed by atoms with Crippen LogP contribution in [0.1, 0.15) is 45.0 Å². The molecule has 23 heavy (non-hydrogen) atoms. The predicted molar refractivity (Wildman–Crippen MR) is 90.0 cm³/mol. The van der Waals surface area contributed by atoms with Crippen molar-refractivity contribution in [1.82, 2.24) is 10.3 Å². The van der Waals surface area contributed by atoms with Gasteiger partial charge in [-0.05, 0) is 46.2 Å². The Labute approximate surface area is 139 Å². The van der Waals surface area contributed by atoms with E-state index in [-0.39, 0.29) is 5.82 Å². The molecule has 0 fully saturated rings. The second kappa shape index (κ2) is 6.66. The largest absolute Gasteiger partial charge is 0.444 e. The van der Waals surface area contributed by atoms with Gasteiger partial charge in [-0.15, -0.1) is 11.3 Å². The summed E-state index contributed by atoms with van der Waals surface area (Å²) in [4.78, 5) is 16.9. The van der Waals surface area contributed by atoms with E-state index in [9.17, 15) is 9.18 Å². The average molecular weight is 336 g/mol. The molecule has 0 aliphatic rings. The Morgan fingerprint density at radius 3 is 2.61 bits per heavy atom. The normalized spacial score (nSPS) is 12.8. The first-order chi connectivity index (χ1) is 10.7. The van der Waals surface area contributed by atoms with Crippen molar-refractivity contribution in [2.75, 3.05) is 0 Å². The van der Waals surface area contributed by atoms with Crippen molar-refractivity contribution in [3.8, 4) is 10.4 Å². The maximum absolute atomic E-state index is 14.4. The third kappa shape index (κ3) is 4.51. The smallest absolute Gasteiger partial charge is 0.408 e. The first kappa shape index (κ1) is 17.4. The van der Waals surface area contributed by atoms with Crippen molar-refractivity contribution in [1.29, 1.82) is 0 Å². The van der Waals surface area contributed by atoms with Crippen molar-refractivity contribution in [2.45, 2.75) is 46.3 Å². The van der Waals surface area contributed by atoms with Gasteiger partial charge >= 0.3 is 6.09 Å². The fourth-order valence-electron chi connectivity index (χ4n) is 2.16.